The van der Waals surface area contributed by atoms with E-state index in [9.17, 15) is 10.2 Å². The second kappa shape index (κ2) is 9.84. The molecule has 0 aliphatic heterocycles. The highest BCUT2D eigenvalue weighted by Gasteiger charge is 2.43. The van der Waals surface area contributed by atoms with Gasteiger partial charge >= 0.3 is 0 Å². The molecule has 2 aliphatic carbocycles. The molecule has 2 aromatic carbocycles. The summed E-state index contributed by atoms with van der Waals surface area (Å²) < 4.78 is 0. The highest BCUT2D eigenvalue weighted by atomic mass is 16.3. The molecular weight excluding hydrogens is 382 g/mol. The van der Waals surface area contributed by atoms with E-state index in [1.807, 2.05) is 24.3 Å². The Balaban J connectivity index is 1.33. The lowest BCUT2D eigenvalue weighted by atomic mass is 9.88. The van der Waals surface area contributed by atoms with Gasteiger partial charge in [0.1, 0.15) is 0 Å². The molecule has 4 rings (SSSR count). The van der Waals surface area contributed by atoms with Crippen LogP contribution in [0.2, 0.25) is 0 Å². The largest absolute Gasteiger partial charge is 0.392 e. The normalized spacial score (nSPS) is 26.1. The number of hydrogen-bond acceptors (Lipinski definition) is 3. The van der Waals surface area contributed by atoms with Crippen LogP contribution in [0.5, 0.6) is 0 Å². The molecule has 31 heavy (non-hydrogen) atoms. The second-order valence-corrected chi connectivity index (χ2v) is 9.45. The Bertz CT molecular complexity index is 918. The summed E-state index contributed by atoms with van der Waals surface area (Å²) in [7, 11) is 4.15. The Morgan fingerprint density at radius 3 is 2.61 bits per heavy atom. The Labute approximate surface area is 186 Å². The molecule has 2 N–H and O–H groups in total. The van der Waals surface area contributed by atoms with E-state index in [0.29, 0.717) is 18.3 Å². The minimum Gasteiger partial charge on any atom is -0.392 e. The fourth-order valence-electron chi connectivity index (χ4n) is 5.26. The van der Waals surface area contributed by atoms with Gasteiger partial charge in [-0.1, -0.05) is 66.3 Å². The van der Waals surface area contributed by atoms with Crippen molar-refractivity contribution in [2.75, 3.05) is 19.0 Å². The molecule has 0 radical (unpaired) electrons. The molecule has 0 bridgehead atoms. The van der Waals surface area contributed by atoms with Gasteiger partial charge in [-0.2, -0.15) is 0 Å². The fraction of sp³-hybridized carbons (Fsp3) is 0.429. The second-order valence-electron chi connectivity index (χ2n) is 9.45. The van der Waals surface area contributed by atoms with Gasteiger partial charge in [-0.15, -0.1) is 0 Å². The number of aliphatic hydroxyl groups is 2. The lowest BCUT2D eigenvalue weighted by molar-refractivity contribution is 0.140. The highest BCUT2D eigenvalue weighted by Crippen LogP contribution is 2.48. The summed E-state index contributed by atoms with van der Waals surface area (Å²) in [6.45, 7) is 0. The van der Waals surface area contributed by atoms with E-state index < -0.39 is 6.10 Å². The third-order valence-electron chi connectivity index (χ3n) is 6.94. The van der Waals surface area contributed by atoms with Crippen molar-refractivity contribution in [2.24, 2.45) is 17.8 Å². The Kier molecular flexibility index (Phi) is 6.94. The van der Waals surface area contributed by atoms with Crippen molar-refractivity contribution in [3.05, 3.63) is 89.5 Å². The van der Waals surface area contributed by atoms with Crippen molar-refractivity contribution in [2.45, 2.75) is 44.3 Å². The summed E-state index contributed by atoms with van der Waals surface area (Å²) in [6, 6.07) is 19.0. The predicted molar refractivity (Wildman–Crippen MR) is 128 cm³/mol. The third kappa shape index (κ3) is 5.47. The Hall–Kier alpha value is -2.36. The maximum Gasteiger partial charge on any atom is 0.0724 e. The number of aryl methyl sites for hydroxylation is 1. The van der Waals surface area contributed by atoms with Crippen LogP contribution < -0.4 is 4.90 Å². The first-order valence-corrected chi connectivity index (χ1v) is 11.5. The van der Waals surface area contributed by atoms with Crippen molar-refractivity contribution < 1.29 is 10.2 Å². The van der Waals surface area contributed by atoms with Gasteiger partial charge in [-0.3, -0.25) is 0 Å². The van der Waals surface area contributed by atoms with Crippen LogP contribution in [0.4, 0.5) is 5.69 Å². The quantitative estimate of drug-likeness (QED) is 0.607. The van der Waals surface area contributed by atoms with Gasteiger partial charge in [0, 0.05) is 25.7 Å². The molecule has 0 heterocycles. The van der Waals surface area contributed by atoms with Crippen LogP contribution in [0.1, 0.15) is 30.4 Å². The highest BCUT2D eigenvalue weighted by molar-refractivity contribution is 5.48. The number of hydrogen-bond donors (Lipinski definition) is 2. The molecule has 0 amide bonds. The minimum absolute atomic E-state index is 0.137. The lowest BCUT2D eigenvalue weighted by Gasteiger charge is -2.19. The summed E-state index contributed by atoms with van der Waals surface area (Å²) in [6.07, 6.45) is 10.1. The van der Waals surface area contributed by atoms with E-state index in [1.165, 1.54) is 22.4 Å². The Morgan fingerprint density at radius 1 is 1.06 bits per heavy atom. The molecule has 2 aromatic rings. The van der Waals surface area contributed by atoms with Crippen molar-refractivity contribution in [3.63, 3.8) is 0 Å². The zero-order chi connectivity index (χ0) is 21.8. The number of fused-ring (bicyclic) bond motifs is 1. The molecule has 5 atom stereocenters. The molecular formula is C28H35NO2. The molecule has 0 saturated heterocycles. The average Bonchev–Trinajstić information content (AvgIpc) is 3.27. The molecule has 164 valence electrons. The van der Waals surface area contributed by atoms with Crippen molar-refractivity contribution in [1.82, 2.24) is 0 Å². The van der Waals surface area contributed by atoms with E-state index >= 15 is 0 Å². The first kappa shape index (κ1) is 21.9. The molecule has 0 aromatic heterocycles. The first-order chi connectivity index (χ1) is 15.0. The van der Waals surface area contributed by atoms with E-state index in [-0.39, 0.29) is 12.0 Å². The van der Waals surface area contributed by atoms with E-state index in [1.54, 1.807) is 0 Å². The number of nitrogens with zero attached hydrogens (tertiary/aromatic N) is 1. The lowest BCUT2D eigenvalue weighted by Crippen LogP contribution is -2.18. The fourth-order valence-corrected chi connectivity index (χ4v) is 5.26. The zero-order valence-corrected chi connectivity index (χ0v) is 18.7. The number of rotatable bonds is 8. The van der Waals surface area contributed by atoms with Gasteiger partial charge in [0.2, 0.25) is 0 Å². The van der Waals surface area contributed by atoms with Gasteiger partial charge in [-0.25, -0.2) is 0 Å². The first-order valence-electron chi connectivity index (χ1n) is 11.5. The summed E-state index contributed by atoms with van der Waals surface area (Å²) in [5, 5.41) is 21.1. The molecule has 1 fully saturated rings. The SMILES string of the molecule is CN(C)c1cccc(CC2=CC3C[C@@H](O)[C@H](C=C[C@H](O)CCc4ccccc4)[C@H]3C2)c1. The van der Waals surface area contributed by atoms with E-state index in [2.05, 4.69) is 67.5 Å². The monoisotopic (exact) mass is 417 g/mol. The van der Waals surface area contributed by atoms with Crippen molar-refractivity contribution in [3.8, 4) is 0 Å². The molecule has 2 aliphatic rings. The van der Waals surface area contributed by atoms with Gasteiger partial charge in [0.15, 0.2) is 0 Å². The number of allylic oxidation sites excluding steroid dienone is 2. The topological polar surface area (TPSA) is 43.7 Å². The number of aliphatic hydroxyl groups excluding tert-OH is 2. The number of benzene rings is 2. The minimum atomic E-state index is -0.464. The standard InChI is InChI=1S/C28H35NO2/c1-29(2)24-10-6-9-21(17-24)15-22-16-23-19-28(31)26(27(23)18-22)14-13-25(30)12-11-20-7-4-3-5-8-20/h3-10,13-14,16-17,23,25-28,30-31H,11-12,15,18-19H2,1-2H3/t23?,25-,26-,27+,28-/m1/s1. The average molecular weight is 418 g/mol. The van der Waals surface area contributed by atoms with E-state index in [0.717, 1.165) is 25.7 Å². The van der Waals surface area contributed by atoms with Gasteiger partial charge in [-0.05, 0) is 67.2 Å². The Morgan fingerprint density at radius 2 is 1.84 bits per heavy atom. The van der Waals surface area contributed by atoms with Gasteiger partial charge in [0.05, 0.1) is 12.2 Å². The van der Waals surface area contributed by atoms with Crippen LogP contribution in [0.3, 0.4) is 0 Å². The maximum atomic E-state index is 10.6. The molecule has 1 unspecified atom stereocenters. The van der Waals surface area contributed by atoms with Crippen LogP contribution in [-0.2, 0) is 12.8 Å². The van der Waals surface area contributed by atoms with Crippen LogP contribution >= 0.6 is 0 Å². The summed E-state index contributed by atoms with van der Waals surface area (Å²) >= 11 is 0. The van der Waals surface area contributed by atoms with Gasteiger partial charge < -0.3 is 15.1 Å². The number of anilines is 1. The summed E-state index contributed by atoms with van der Waals surface area (Å²) in [4.78, 5) is 2.14. The van der Waals surface area contributed by atoms with Crippen LogP contribution in [0, 0.1) is 17.8 Å². The van der Waals surface area contributed by atoms with E-state index in [4.69, 9.17) is 0 Å². The smallest absolute Gasteiger partial charge is 0.0724 e. The van der Waals surface area contributed by atoms with Crippen LogP contribution in [0.15, 0.2) is 78.4 Å². The third-order valence-corrected chi connectivity index (χ3v) is 6.94. The van der Waals surface area contributed by atoms with Crippen LogP contribution in [0.25, 0.3) is 0 Å². The van der Waals surface area contributed by atoms with Gasteiger partial charge in [0.25, 0.3) is 0 Å². The maximum absolute atomic E-state index is 10.6. The molecule has 3 nitrogen and oxygen atoms in total. The van der Waals surface area contributed by atoms with Crippen LogP contribution in [-0.4, -0.2) is 36.5 Å². The predicted octanol–water partition coefficient (Wildman–Crippen LogP) is 4.79. The van der Waals surface area contributed by atoms with Crippen molar-refractivity contribution >= 4 is 5.69 Å². The molecule has 3 heteroatoms. The molecule has 0 spiro atoms. The summed E-state index contributed by atoms with van der Waals surface area (Å²) in [5.41, 5.74) is 5.32. The molecule has 1 saturated carbocycles. The summed E-state index contributed by atoms with van der Waals surface area (Å²) in [5.74, 6) is 1.05. The zero-order valence-electron chi connectivity index (χ0n) is 18.7. The van der Waals surface area contributed by atoms with Crippen molar-refractivity contribution in [1.29, 1.82) is 0 Å².